The maximum Gasteiger partial charge on any atom is 0.141 e. The van der Waals surface area contributed by atoms with E-state index < -0.39 is 6.10 Å². The van der Waals surface area contributed by atoms with Crippen LogP contribution in [0.4, 0.5) is 4.39 Å². The van der Waals surface area contributed by atoms with Crippen LogP contribution < -0.4 is 0 Å². The minimum atomic E-state index is -0.480. The van der Waals surface area contributed by atoms with Gasteiger partial charge in [-0.25, -0.2) is 4.39 Å². The second-order valence-electron chi connectivity index (χ2n) is 3.80. The molecule has 0 spiro atoms. The average Bonchev–Trinajstić information content (AvgIpc) is 2.66. The molecule has 1 N–H and O–H groups in total. The maximum absolute atomic E-state index is 12.9. The van der Waals surface area contributed by atoms with E-state index in [0.29, 0.717) is 6.54 Å². The van der Waals surface area contributed by atoms with Gasteiger partial charge in [-0.3, -0.25) is 4.98 Å². The number of pyridine rings is 1. The fourth-order valence-electron chi connectivity index (χ4n) is 1.56. The minimum Gasteiger partial charge on any atom is -0.389 e. The predicted octanol–water partition coefficient (Wildman–Crippen LogP) is 2.12. The lowest BCUT2D eigenvalue weighted by Gasteiger charge is -2.03. The van der Waals surface area contributed by atoms with Crippen LogP contribution in [0, 0.1) is 5.82 Å². The molecule has 2 aromatic heterocycles. The van der Waals surface area contributed by atoms with Gasteiger partial charge in [-0.05, 0) is 30.2 Å². The second kappa shape index (κ2) is 4.45. The Labute approximate surface area is 93.2 Å². The van der Waals surface area contributed by atoms with Crippen molar-refractivity contribution in [2.45, 2.75) is 19.6 Å². The van der Waals surface area contributed by atoms with E-state index in [1.54, 1.807) is 13.1 Å². The topological polar surface area (TPSA) is 38.0 Å². The molecule has 0 aliphatic rings. The van der Waals surface area contributed by atoms with E-state index in [4.69, 9.17) is 0 Å². The molecule has 1 atom stereocenters. The molecule has 2 aromatic rings. The maximum atomic E-state index is 12.9. The zero-order valence-corrected chi connectivity index (χ0v) is 8.97. The Morgan fingerprint density at radius 2 is 2.31 bits per heavy atom. The van der Waals surface area contributed by atoms with Gasteiger partial charge in [0.2, 0.25) is 0 Å². The summed E-state index contributed by atoms with van der Waals surface area (Å²) in [5, 5.41) is 9.36. The van der Waals surface area contributed by atoms with Crippen LogP contribution in [-0.2, 0) is 6.54 Å². The van der Waals surface area contributed by atoms with Gasteiger partial charge in [0.15, 0.2) is 0 Å². The Morgan fingerprint density at radius 3 is 2.94 bits per heavy atom. The first-order chi connectivity index (χ1) is 7.65. The van der Waals surface area contributed by atoms with Crippen molar-refractivity contribution in [3.8, 4) is 0 Å². The van der Waals surface area contributed by atoms with E-state index in [9.17, 15) is 9.50 Å². The van der Waals surface area contributed by atoms with Crippen LogP contribution in [0.3, 0.4) is 0 Å². The molecule has 0 saturated carbocycles. The first-order valence-electron chi connectivity index (χ1n) is 5.08. The van der Waals surface area contributed by atoms with E-state index in [1.165, 1.54) is 12.3 Å². The Bertz CT molecular complexity index is 479. The standard InChI is InChI=1S/C12H13FN2O/c1-9(16)11-2-3-15(8-11)7-10-4-12(13)6-14-5-10/h2-6,8-9,16H,7H2,1H3. The highest BCUT2D eigenvalue weighted by molar-refractivity contribution is 5.16. The molecule has 0 bridgehead atoms. The molecule has 0 radical (unpaired) electrons. The molecule has 4 heteroatoms. The van der Waals surface area contributed by atoms with Gasteiger partial charge >= 0.3 is 0 Å². The van der Waals surface area contributed by atoms with Crippen LogP contribution >= 0.6 is 0 Å². The molecular weight excluding hydrogens is 207 g/mol. The van der Waals surface area contributed by atoms with Crippen molar-refractivity contribution in [1.29, 1.82) is 0 Å². The summed E-state index contributed by atoms with van der Waals surface area (Å²) in [4.78, 5) is 3.78. The summed E-state index contributed by atoms with van der Waals surface area (Å²) in [7, 11) is 0. The summed E-state index contributed by atoms with van der Waals surface area (Å²) in [6.45, 7) is 2.26. The summed E-state index contributed by atoms with van der Waals surface area (Å²) in [5.74, 6) is -0.333. The van der Waals surface area contributed by atoms with Crippen molar-refractivity contribution in [2.75, 3.05) is 0 Å². The number of hydrogen-bond acceptors (Lipinski definition) is 2. The molecule has 0 aromatic carbocycles. The molecule has 2 rings (SSSR count). The smallest absolute Gasteiger partial charge is 0.141 e. The number of aromatic nitrogens is 2. The van der Waals surface area contributed by atoms with Gasteiger partial charge in [0.05, 0.1) is 12.3 Å². The highest BCUT2D eigenvalue weighted by atomic mass is 19.1. The zero-order chi connectivity index (χ0) is 11.5. The summed E-state index contributed by atoms with van der Waals surface area (Å²) >= 11 is 0. The lowest BCUT2D eigenvalue weighted by molar-refractivity contribution is 0.199. The summed E-state index contributed by atoms with van der Waals surface area (Å²) in [6.07, 6.45) is 6.03. The Balaban J connectivity index is 2.14. The number of nitrogens with zero attached hydrogens (tertiary/aromatic N) is 2. The molecule has 84 valence electrons. The second-order valence-corrected chi connectivity index (χ2v) is 3.80. The quantitative estimate of drug-likeness (QED) is 0.860. The predicted molar refractivity (Wildman–Crippen MR) is 58.4 cm³/mol. The summed E-state index contributed by atoms with van der Waals surface area (Å²) in [6, 6.07) is 3.30. The first kappa shape index (κ1) is 10.8. The molecule has 0 aliphatic heterocycles. The van der Waals surface area contributed by atoms with E-state index in [0.717, 1.165) is 11.1 Å². The Kier molecular flexibility index (Phi) is 3.01. The number of halogens is 1. The Morgan fingerprint density at radius 1 is 1.50 bits per heavy atom. The van der Waals surface area contributed by atoms with Crippen molar-refractivity contribution in [3.63, 3.8) is 0 Å². The van der Waals surface area contributed by atoms with Crippen molar-refractivity contribution < 1.29 is 9.50 Å². The number of rotatable bonds is 3. The minimum absolute atomic E-state index is 0.333. The van der Waals surface area contributed by atoms with Gasteiger partial charge in [0, 0.05) is 25.1 Å². The molecule has 0 saturated heterocycles. The third kappa shape index (κ3) is 2.46. The van der Waals surface area contributed by atoms with E-state index in [2.05, 4.69) is 4.98 Å². The van der Waals surface area contributed by atoms with Crippen LogP contribution in [0.2, 0.25) is 0 Å². The highest BCUT2D eigenvalue weighted by Gasteiger charge is 2.03. The SMILES string of the molecule is CC(O)c1ccn(Cc2cncc(F)c2)c1. The third-order valence-electron chi connectivity index (χ3n) is 2.38. The van der Waals surface area contributed by atoms with Crippen molar-refractivity contribution in [3.05, 3.63) is 53.9 Å². The molecule has 0 amide bonds. The van der Waals surface area contributed by atoms with E-state index >= 15 is 0 Å². The van der Waals surface area contributed by atoms with Gasteiger partial charge in [-0.2, -0.15) is 0 Å². The van der Waals surface area contributed by atoms with Gasteiger partial charge in [-0.1, -0.05) is 0 Å². The van der Waals surface area contributed by atoms with Gasteiger partial charge in [0.25, 0.3) is 0 Å². The monoisotopic (exact) mass is 220 g/mol. The van der Waals surface area contributed by atoms with Crippen LogP contribution in [0.15, 0.2) is 36.9 Å². The summed E-state index contributed by atoms with van der Waals surface area (Å²) < 4.78 is 14.8. The zero-order valence-electron chi connectivity index (χ0n) is 8.97. The molecular formula is C12H13FN2O. The van der Waals surface area contributed by atoms with Gasteiger partial charge in [-0.15, -0.1) is 0 Å². The average molecular weight is 220 g/mol. The van der Waals surface area contributed by atoms with Crippen LogP contribution in [0.5, 0.6) is 0 Å². The Hall–Kier alpha value is -1.68. The lowest BCUT2D eigenvalue weighted by Crippen LogP contribution is -1.98. The molecule has 3 nitrogen and oxygen atoms in total. The first-order valence-corrected chi connectivity index (χ1v) is 5.08. The van der Waals surface area contributed by atoms with Crippen molar-refractivity contribution in [1.82, 2.24) is 9.55 Å². The number of hydrogen-bond donors (Lipinski definition) is 1. The fourth-order valence-corrected chi connectivity index (χ4v) is 1.56. The number of aliphatic hydroxyl groups excluding tert-OH is 1. The van der Waals surface area contributed by atoms with E-state index in [1.807, 2.05) is 23.0 Å². The molecule has 1 unspecified atom stereocenters. The van der Waals surface area contributed by atoms with Crippen LogP contribution in [0.25, 0.3) is 0 Å². The van der Waals surface area contributed by atoms with Crippen LogP contribution in [0.1, 0.15) is 24.2 Å². The number of aliphatic hydroxyl groups is 1. The van der Waals surface area contributed by atoms with Crippen LogP contribution in [-0.4, -0.2) is 14.7 Å². The van der Waals surface area contributed by atoms with E-state index in [-0.39, 0.29) is 5.82 Å². The molecule has 0 aliphatic carbocycles. The normalized spacial score (nSPS) is 12.7. The lowest BCUT2D eigenvalue weighted by atomic mass is 10.2. The van der Waals surface area contributed by atoms with Gasteiger partial charge in [0.1, 0.15) is 5.82 Å². The summed E-state index contributed by atoms with van der Waals surface area (Å²) in [5.41, 5.74) is 1.65. The fraction of sp³-hybridized carbons (Fsp3) is 0.250. The highest BCUT2D eigenvalue weighted by Crippen LogP contribution is 2.13. The molecule has 2 heterocycles. The van der Waals surface area contributed by atoms with Crippen molar-refractivity contribution in [2.24, 2.45) is 0 Å². The van der Waals surface area contributed by atoms with Gasteiger partial charge < -0.3 is 9.67 Å². The largest absolute Gasteiger partial charge is 0.389 e. The van der Waals surface area contributed by atoms with Crippen molar-refractivity contribution >= 4 is 0 Å². The molecule has 0 fully saturated rings. The third-order valence-corrected chi connectivity index (χ3v) is 2.38. The molecule has 16 heavy (non-hydrogen) atoms.